The molecule has 0 unspecified atom stereocenters. The minimum absolute atomic E-state index is 0.0167. The maximum absolute atomic E-state index is 11.9. The van der Waals surface area contributed by atoms with Gasteiger partial charge in [-0.05, 0) is 6.07 Å². The molecule has 1 aliphatic rings. The van der Waals surface area contributed by atoms with E-state index in [-0.39, 0.29) is 5.49 Å². The number of aliphatic hydroxyl groups is 3. The number of hydrogen-bond acceptors (Lipinski definition) is 6. The van der Waals surface area contributed by atoms with Gasteiger partial charge in [0.15, 0.2) is 6.23 Å². The zero-order valence-electron chi connectivity index (χ0n) is 9.72. The van der Waals surface area contributed by atoms with Crippen LogP contribution in [0.5, 0.6) is 0 Å². The van der Waals surface area contributed by atoms with Gasteiger partial charge in [-0.2, -0.15) is 0 Å². The van der Waals surface area contributed by atoms with Gasteiger partial charge in [-0.15, -0.1) is 0 Å². The van der Waals surface area contributed by atoms with E-state index >= 15 is 0 Å². The first-order valence-electron chi connectivity index (χ1n) is 5.42. The van der Waals surface area contributed by atoms with Gasteiger partial charge in [0.05, 0.1) is 6.61 Å². The molecule has 8 heteroatoms. The maximum Gasteiger partial charge on any atom is 0.331 e. The Morgan fingerprint density at radius 3 is 2.67 bits per heavy atom. The Bertz CT molecular complexity index is 551. The molecule has 100 valence electrons. The Morgan fingerprint density at radius 1 is 1.44 bits per heavy atom. The first-order valence-corrected chi connectivity index (χ1v) is 5.42. The van der Waals surface area contributed by atoms with E-state index in [1.54, 1.807) is 0 Å². The topological polar surface area (TPSA) is 121 Å². The van der Waals surface area contributed by atoms with Crippen LogP contribution in [0.2, 0.25) is 0 Å². The second kappa shape index (κ2) is 4.65. The highest BCUT2D eigenvalue weighted by molar-refractivity contribution is 4.93. The van der Waals surface area contributed by atoms with Gasteiger partial charge in [0.1, 0.15) is 23.8 Å². The largest absolute Gasteiger partial charge is 0.394 e. The average molecular weight is 257 g/mol. The van der Waals surface area contributed by atoms with Gasteiger partial charge < -0.3 is 20.1 Å². The van der Waals surface area contributed by atoms with Crippen molar-refractivity contribution in [3.8, 4) is 0 Å². The van der Waals surface area contributed by atoms with Crippen molar-refractivity contribution in [1.82, 2.24) is 9.13 Å². The fraction of sp³-hybridized carbons (Fsp3) is 0.600. The third-order valence-corrected chi connectivity index (χ3v) is 3.05. The predicted octanol–water partition coefficient (Wildman–Crippen LogP) is -2.72. The molecule has 8 nitrogen and oxygen atoms in total. The van der Waals surface area contributed by atoms with Crippen molar-refractivity contribution >= 4 is 0 Å². The fourth-order valence-corrected chi connectivity index (χ4v) is 1.91. The molecule has 0 bridgehead atoms. The first kappa shape index (κ1) is 13.0. The molecule has 1 aromatic heterocycles. The molecule has 4 atom stereocenters. The summed E-state index contributed by atoms with van der Waals surface area (Å²) in [6.45, 7) is -0.452. The quantitative estimate of drug-likeness (QED) is 0.458. The molecule has 2 heterocycles. The Balaban J connectivity index is 2.42. The van der Waals surface area contributed by atoms with Crippen LogP contribution in [0, 0.1) is 5.41 Å². The Hall–Kier alpha value is -1.48. The van der Waals surface area contributed by atoms with Crippen LogP contribution in [-0.2, 0) is 11.8 Å². The van der Waals surface area contributed by atoms with Gasteiger partial charge in [-0.3, -0.25) is 14.5 Å². The highest BCUT2D eigenvalue weighted by Gasteiger charge is 2.43. The lowest BCUT2D eigenvalue weighted by Gasteiger charge is -2.18. The van der Waals surface area contributed by atoms with E-state index in [1.807, 2.05) is 0 Å². The molecule has 1 fully saturated rings. The number of ether oxygens (including phenoxy) is 1. The summed E-state index contributed by atoms with van der Waals surface area (Å²) in [5.41, 5.74) is -0.527. The van der Waals surface area contributed by atoms with Gasteiger partial charge in [0.25, 0.3) is 0 Å². The molecule has 0 aromatic carbocycles. The molecule has 1 aromatic rings. The van der Waals surface area contributed by atoms with Gasteiger partial charge in [-0.25, -0.2) is 4.79 Å². The van der Waals surface area contributed by atoms with E-state index < -0.39 is 36.8 Å². The van der Waals surface area contributed by atoms with Crippen LogP contribution < -0.4 is 11.2 Å². The van der Waals surface area contributed by atoms with Crippen molar-refractivity contribution in [2.75, 3.05) is 6.61 Å². The fourth-order valence-electron chi connectivity index (χ4n) is 1.91. The maximum atomic E-state index is 11.9. The van der Waals surface area contributed by atoms with E-state index in [2.05, 4.69) is 0 Å². The summed E-state index contributed by atoms with van der Waals surface area (Å²) in [7, 11) is 1.42. The van der Waals surface area contributed by atoms with Crippen LogP contribution in [0.1, 0.15) is 6.23 Å². The predicted molar refractivity (Wildman–Crippen MR) is 58.5 cm³/mol. The highest BCUT2D eigenvalue weighted by Crippen LogP contribution is 2.27. The molecule has 0 amide bonds. The summed E-state index contributed by atoms with van der Waals surface area (Å²) >= 11 is 0. The lowest BCUT2D eigenvalue weighted by atomic mass is 10.1. The number of rotatable bonds is 2. The molecular formula is C10H15N3O5. The minimum Gasteiger partial charge on any atom is -0.394 e. The van der Waals surface area contributed by atoms with Crippen molar-refractivity contribution in [3.63, 3.8) is 0 Å². The van der Waals surface area contributed by atoms with Crippen LogP contribution >= 0.6 is 0 Å². The standard InChI is InChI=1S/C10H15N3O5/c1-12-6(11)2-3-13(10(12)17)9-8(16)7(15)5(4-14)18-9/h2-3,5,7-9,11,14-16H,4H2,1H3/t5-,7-,8-,9+/m1/s1. The number of nitrogens with zero attached hydrogens (tertiary/aromatic N) is 2. The monoisotopic (exact) mass is 257 g/mol. The van der Waals surface area contributed by atoms with Gasteiger partial charge in [0, 0.05) is 13.2 Å². The van der Waals surface area contributed by atoms with Crippen molar-refractivity contribution < 1.29 is 20.1 Å². The third kappa shape index (κ3) is 1.89. The molecule has 0 radical (unpaired) electrons. The minimum atomic E-state index is -1.31. The molecule has 4 N–H and O–H groups in total. The Kier molecular flexibility index (Phi) is 3.35. The zero-order chi connectivity index (χ0) is 13.4. The molecule has 0 aliphatic carbocycles. The first-order chi connectivity index (χ1) is 8.47. The molecular weight excluding hydrogens is 242 g/mol. The van der Waals surface area contributed by atoms with Crippen LogP contribution in [0.25, 0.3) is 0 Å². The van der Waals surface area contributed by atoms with Crippen molar-refractivity contribution in [3.05, 3.63) is 28.2 Å². The summed E-state index contributed by atoms with van der Waals surface area (Å²) in [6.07, 6.45) is -3.26. The molecule has 1 saturated heterocycles. The van der Waals surface area contributed by atoms with E-state index in [0.717, 1.165) is 9.13 Å². The number of nitrogens with one attached hydrogen (secondary N) is 1. The molecule has 1 aliphatic heterocycles. The Labute approximate surface area is 102 Å². The van der Waals surface area contributed by atoms with Crippen LogP contribution in [-0.4, -0.2) is 49.4 Å². The second-order valence-electron chi connectivity index (χ2n) is 4.18. The van der Waals surface area contributed by atoms with Crippen LogP contribution in [0.15, 0.2) is 17.1 Å². The van der Waals surface area contributed by atoms with E-state index in [0.29, 0.717) is 0 Å². The van der Waals surface area contributed by atoms with Crippen LogP contribution in [0.3, 0.4) is 0 Å². The van der Waals surface area contributed by atoms with Crippen molar-refractivity contribution in [1.29, 1.82) is 5.41 Å². The smallest absolute Gasteiger partial charge is 0.331 e. The van der Waals surface area contributed by atoms with E-state index in [9.17, 15) is 15.0 Å². The average Bonchev–Trinajstić information content (AvgIpc) is 2.64. The Morgan fingerprint density at radius 2 is 2.11 bits per heavy atom. The van der Waals surface area contributed by atoms with Crippen LogP contribution in [0.4, 0.5) is 0 Å². The summed E-state index contributed by atoms with van der Waals surface area (Å²) in [4.78, 5) is 11.9. The number of aromatic nitrogens is 2. The number of hydrogen-bond donors (Lipinski definition) is 4. The van der Waals surface area contributed by atoms with E-state index in [1.165, 1.54) is 19.3 Å². The highest BCUT2D eigenvalue weighted by atomic mass is 16.6. The normalized spacial score (nSPS) is 31.8. The van der Waals surface area contributed by atoms with Gasteiger partial charge >= 0.3 is 5.69 Å². The molecule has 2 rings (SSSR count). The lowest BCUT2D eigenvalue weighted by Crippen LogP contribution is -2.41. The molecule has 0 spiro atoms. The van der Waals surface area contributed by atoms with Crippen molar-refractivity contribution in [2.24, 2.45) is 7.05 Å². The second-order valence-corrected chi connectivity index (χ2v) is 4.18. The lowest BCUT2D eigenvalue weighted by molar-refractivity contribution is -0.0555. The summed E-state index contributed by atoms with van der Waals surface area (Å²) in [5, 5.41) is 35.8. The number of aliphatic hydroxyl groups excluding tert-OH is 3. The summed E-state index contributed by atoms with van der Waals surface area (Å²) < 4.78 is 7.40. The third-order valence-electron chi connectivity index (χ3n) is 3.05. The summed E-state index contributed by atoms with van der Waals surface area (Å²) in [5.74, 6) is 0. The molecule has 0 saturated carbocycles. The summed E-state index contributed by atoms with van der Waals surface area (Å²) in [6, 6.07) is 1.37. The van der Waals surface area contributed by atoms with Gasteiger partial charge in [-0.1, -0.05) is 0 Å². The van der Waals surface area contributed by atoms with Crippen molar-refractivity contribution in [2.45, 2.75) is 24.5 Å². The van der Waals surface area contributed by atoms with Gasteiger partial charge in [0.2, 0.25) is 0 Å². The molecule has 18 heavy (non-hydrogen) atoms. The SMILES string of the molecule is Cn1c(=N)ccn([C@H]2O[C@H](CO)[C@@H](O)[C@H]2O)c1=O. The van der Waals surface area contributed by atoms with E-state index in [4.69, 9.17) is 15.3 Å². The zero-order valence-corrected chi connectivity index (χ0v) is 9.72.